The fourth-order valence-electron chi connectivity index (χ4n) is 2.15. The highest BCUT2D eigenvalue weighted by atomic mass is 32.2. The molecule has 1 fully saturated rings. The lowest BCUT2D eigenvalue weighted by Crippen LogP contribution is -2.45. The quantitative estimate of drug-likeness (QED) is 0.596. The van der Waals surface area contributed by atoms with E-state index in [1.54, 1.807) is 0 Å². The third-order valence-electron chi connectivity index (χ3n) is 3.00. The first-order valence-corrected chi connectivity index (χ1v) is 8.02. The molecule has 0 saturated carbocycles. The second-order valence-corrected chi connectivity index (χ2v) is 6.43. The lowest BCUT2D eigenvalue weighted by molar-refractivity contribution is -0.139. The third kappa shape index (κ3) is 6.58. The number of thioether (sulfide) groups is 1. The van der Waals surface area contributed by atoms with Crippen molar-refractivity contribution in [1.29, 1.82) is 0 Å². The van der Waals surface area contributed by atoms with Crippen LogP contribution in [0, 0.1) is 5.92 Å². The van der Waals surface area contributed by atoms with Gasteiger partial charge in [-0.2, -0.15) is 11.8 Å². The van der Waals surface area contributed by atoms with Gasteiger partial charge in [0.2, 0.25) is 6.41 Å². The van der Waals surface area contributed by atoms with Crippen LogP contribution in [0.2, 0.25) is 0 Å². The van der Waals surface area contributed by atoms with Crippen molar-refractivity contribution in [1.82, 2.24) is 10.2 Å². The van der Waals surface area contributed by atoms with Crippen LogP contribution >= 0.6 is 11.8 Å². The maximum atomic E-state index is 10.9. The van der Waals surface area contributed by atoms with Crippen molar-refractivity contribution in [3.05, 3.63) is 0 Å². The molecule has 0 aromatic carbocycles. The minimum absolute atomic E-state index is 0.137. The monoisotopic (exact) mass is 304 g/mol. The Bertz CT molecular complexity index is 315. The summed E-state index contributed by atoms with van der Waals surface area (Å²) in [5, 5.41) is 11.2. The predicted molar refractivity (Wildman–Crippen MR) is 79.0 cm³/mol. The summed E-state index contributed by atoms with van der Waals surface area (Å²) in [6.45, 7) is 8.04. The second-order valence-electron chi connectivity index (χ2n) is 5.36. The Morgan fingerprint density at radius 1 is 1.60 bits per heavy atom. The number of rotatable bonds is 9. The molecule has 6 nitrogen and oxygen atoms in total. The highest BCUT2D eigenvalue weighted by Gasteiger charge is 2.22. The van der Waals surface area contributed by atoms with Gasteiger partial charge in [-0.05, 0) is 5.92 Å². The molecule has 20 heavy (non-hydrogen) atoms. The molecule has 0 bridgehead atoms. The summed E-state index contributed by atoms with van der Waals surface area (Å²) >= 11 is 1.50. The van der Waals surface area contributed by atoms with Crippen molar-refractivity contribution < 1.29 is 19.4 Å². The van der Waals surface area contributed by atoms with Gasteiger partial charge >= 0.3 is 5.97 Å². The van der Waals surface area contributed by atoms with Crippen LogP contribution in [0.1, 0.15) is 13.8 Å². The van der Waals surface area contributed by atoms with Crippen molar-refractivity contribution in [2.24, 2.45) is 5.92 Å². The van der Waals surface area contributed by atoms with Crippen LogP contribution in [0.3, 0.4) is 0 Å². The number of ether oxygens (including phenoxy) is 1. The molecule has 2 N–H and O–H groups in total. The highest BCUT2D eigenvalue weighted by molar-refractivity contribution is 7.99. The first-order chi connectivity index (χ1) is 9.52. The van der Waals surface area contributed by atoms with Gasteiger partial charge in [-0.15, -0.1) is 0 Å². The van der Waals surface area contributed by atoms with E-state index in [9.17, 15) is 9.59 Å². The lowest BCUT2D eigenvalue weighted by atomic mass is 10.2. The number of nitrogens with zero attached hydrogens (tertiary/aromatic N) is 1. The van der Waals surface area contributed by atoms with Crippen molar-refractivity contribution in [2.45, 2.75) is 26.0 Å². The van der Waals surface area contributed by atoms with Gasteiger partial charge in [-0.3, -0.25) is 9.69 Å². The highest BCUT2D eigenvalue weighted by Crippen LogP contribution is 2.14. The van der Waals surface area contributed by atoms with E-state index in [4.69, 9.17) is 9.84 Å². The summed E-state index contributed by atoms with van der Waals surface area (Å²) in [5.41, 5.74) is 0. The summed E-state index contributed by atoms with van der Waals surface area (Å²) in [7, 11) is 0. The lowest BCUT2D eigenvalue weighted by Gasteiger charge is -2.33. The first-order valence-electron chi connectivity index (χ1n) is 6.87. The first kappa shape index (κ1) is 17.3. The predicted octanol–water partition coefficient (Wildman–Crippen LogP) is 0.276. The maximum absolute atomic E-state index is 10.9. The number of nitrogens with one attached hydrogen (secondary N) is 1. The van der Waals surface area contributed by atoms with Gasteiger partial charge in [0.1, 0.15) is 6.04 Å². The number of hydrogen-bond donors (Lipinski definition) is 2. The number of aliphatic carboxylic acids is 1. The van der Waals surface area contributed by atoms with Crippen LogP contribution in [-0.2, 0) is 14.3 Å². The zero-order valence-electron chi connectivity index (χ0n) is 12.1. The van der Waals surface area contributed by atoms with E-state index in [0.717, 1.165) is 32.0 Å². The van der Waals surface area contributed by atoms with Gasteiger partial charge in [0, 0.05) is 31.1 Å². The molecule has 1 heterocycles. The number of carboxylic acid groups (broad SMARTS) is 1. The van der Waals surface area contributed by atoms with E-state index in [0.29, 0.717) is 18.1 Å². The number of hydrogen-bond acceptors (Lipinski definition) is 5. The Kier molecular flexibility index (Phi) is 7.94. The van der Waals surface area contributed by atoms with Gasteiger partial charge < -0.3 is 15.2 Å². The van der Waals surface area contributed by atoms with Crippen LogP contribution < -0.4 is 5.32 Å². The van der Waals surface area contributed by atoms with Crippen LogP contribution in [0.15, 0.2) is 0 Å². The summed E-state index contributed by atoms with van der Waals surface area (Å²) in [6, 6.07) is -0.826. The molecule has 1 rings (SSSR count). The van der Waals surface area contributed by atoms with Crippen molar-refractivity contribution in [3.63, 3.8) is 0 Å². The molecule has 0 aliphatic carbocycles. The smallest absolute Gasteiger partial charge is 0.327 e. The van der Waals surface area contributed by atoms with Crippen molar-refractivity contribution >= 4 is 24.1 Å². The van der Waals surface area contributed by atoms with Crippen molar-refractivity contribution in [3.8, 4) is 0 Å². The zero-order chi connectivity index (χ0) is 15.0. The molecule has 1 amide bonds. The number of carbonyl (C=O) groups is 2. The molecule has 0 aromatic heterocycles. The van der Waals surface area contributed by atoms with E-state index in [-0.39, 0.29) is 6.10 Å². The standard InChI is InChI=1S/C13H24N2O4S/c1-10(2)5-15-3-4-19-11(6-15)7-20-8-12(13(17)18)14-9-16/h9-12H,3-8H2,1-2H3,(H,14,16)(H,17,18). The molecule has 2 unspecified atom stereocenters. The molecule has 2 atom stereocenters. The SMILES string of the molecule is CC(C)CN1CCOC(CSCC(NC=O)C(=O)O)C1. The van der Waals surface area contributed by atoms with Gasteiger partial charge in [0.15, 0.2) is 0 Å². The topological polar surface area (TPSA) is 78.9 Å². The Hall–Kier alpha value is -0.790. The van der Waals surface area contributed by atoms with Gasteiger partial charge in [0.05, 0.1) is 12.7 Å². The molecular formula is C13H24N2O4S. The average molecular weight is 304 g/mol. The molecule has 1 aliphatic rings. The van der Waals surface area contributed by atoms with E-state index in [1.165, 1.54) is 11.8 Å². The van der Waals surface area contributed by atoms with Crippen LogP contribution in [0.25, 0.3) is 0 Å². The summed E-state index contributed by atoms with van der Waals surface area (Å²) in [4.78, 5) is 23.6. The molecule has 7 heteroatoms. The summed E-state index contributed by atoms with van der Waals surface area (Å²) in [6.07, 6.45) is 0.569. The molecule has 0 aromatic rings. The molecule has 0 radical (unpaired) electrons. The fourth-order valence-corrected chi connectivity index (χ4v) is 3.23. The molecule has 1 saturated heterocycles. The number of amides is 1. The Balaban J connectivity index is 2.26. The second kappa shape index (κ2) is 9.20. The number of carbonyl (C=O) groups excluding carboxylic acids is 1. The van der Waals surface area contributed by atoms with Crippen LogP contribution in [-0.4, -0.2) is 72.3 Å². The third-order valence-corrected chi connectivity index (χ3v) is 4.18. The minimum atomic E-state index is -1.00. The maximum Gasteiger partial charge on any atom is 0.327 e. The van der Waals surface area contributed by atoms with E-state index in [2.05, 4.69) is 24.1 Å². The fraction of sp³-hybridized carbons (Fsp3) is 0.846. The Morgan fingerprint density at radius 2 is 2.35 bits per heavy atom. The van der Waals surface area contributed by atoms with Crippen molar-refractivity contribution in [2.75, 3.05) is 37.7 Å². The van der Waals surface area contributed by atoms with Gasteiger partial charge in [-0.1, -0.05) is 13.8 Å². The Labute approximate surface area is 124 Å². The number of carboxylic acids is 1. The largest absolute Gasteiger partial charge is 0.480 e. The minimum Gasteiger partial charge on any atom is -0.480 e. The van der Waals surface area contributed by atoms with Gasteiger partial charge in [-0.25, -0.2) is 4.79 Å². The van der Waals surface area contributed by atoms with Crippen LogP contribution in [0.5, 0.6) is 0 Å². The van der Waals surface area contributed by atoms with E-state index in [1.807, 2.05) is 0 Å². The molecule has 116 valence electrons. The zero-order valence-corrected chi connectivity index (χ0v) is 12.9. The molecule has 0 spiro atoms. The van der Waals surface area contributed by atoms with Crippen LogP contribution in [0.4, 0.5) is 0 Å². The summed E-state index contributed by atoms with van der Waals surface area (Å²) < 4.78 is 5.69. The average Bonchev–Trinajstić information content (AvgIpc) is 2.37. The summed E-state index contributed by atoms with van der Waals surface area (Å²) in [5.74, 6) is 0.738. The molecule has 1 aliphatic heterocycles. The van der Waals surface area contributed by atoms with Gasteiger partial charge in [0.25, 0.3) is 0 Å². The Morgan fingerprint density at radius 3 is 2.95 bits per heavy atom. The van der Waals surface area contributed by atoms with E-state index < -0.39 is 12.0 Å². The normalized spacial score (nSPS) is 21.6. The molecular weight excluding hydrogens is 280 g/mol. The van der Waals surface area contributed by atoms with E-state index >= 15 is 0 Å². The number of morpholine rings is 1.